The summed E-state index contributed by atoms with van der Waals surface area (Å²) in [6.45, 7) is 2.69. The van der Waals surface area contributed by atoms with E-state index in [2.05, 4.69) is 18.0 Å². The largest absolute Gasteiger partial charge is 0.493 e. The summed E-state index contributed by atoms with van der Waals surface area (Å²) in [5, 5.41) is -0.244. The fourth-order valence-electron chi connectivity index (χ4n) is 2.70. The van der Waals surface area contributed by atoms with Gasteiger partial charge in [-0.25, -0.2) is 0 Å². The molecule has 1 fully saturated rings. The molecule has 0 amide bonds. The van der Waals surface area contributed by atoms with Crippen LogP contribution in [0, 0.1) is 0 Å². The number of ether oxygens (including phenoxy) is 1. The Morgan fingerprint density at radius 3 is 2.48 bits per heavy atom. The minimum atomic E-state index is -0.226. The van der Waals surface area contributed by atoms with Gasteiger partial charge in [0.05, 0.1) is 18.3 Å². The van der Waals surface area contributed by atoms with E-state index in [1.165, 1.54) is 5.56 Å². The molecule has 0 N–H and O–H groups in total. The van der Waals surface area contributed by atoms with Gasteiger partial charge in [0.25, 0.3) is 0 Å². The van der Waals surface area contributed by atoms with Gasteiger partial charge in [0.1, 0.15) is 5.75 Å². The molecule has 4 nitrogen and oxygen atoms in total. The van der Waals surface area contributed by atoms with Gasteiger partial charge < -0.3 is 4.74 Å². The quantitative estimate of drug-likeness (QED) is 0.713. The summed E-state index contributed by atoms with van der Waals surface area (Å²) in [4.78, 5) is 27.4. The molecule has 130 valence electrons. The fourth-order valence-corrected chi connectivity index (χ4v) is 3.73. The molecular formula is C20H21NO3S. The molecule has 1 atom stereocenters. The first kappa shape index (κ1) is 17.7. The van der Waals surface area contributed by atoms with E-state index in [0.29, 0.717) is 13.0 Å². The van der Waals surface area contributed by atoms with Crippen LogP contribution in [-0.2, 0) is 28.9 Å². The van der Waals surface area contributed by atoms with Crippen molar-refractivity contribution in [1.29, 1.82) is 0 Å². The molecule has 2 heterocycles. The number of aromatic nitrogens is 1. The van der Waals surface area contributed by atoms with Gasteiger partial charge in [0, 0.05) is 18.3 Å². The number of pyridine rings is 1. The number of benzene rings is 1. The number of hydrogen-bond acceptors (Lipinski definition) is 5. The van der Waals surface area contributed by atoms with E-state index >= 15 is 0 Å². The van der Waals surface area contributed by atoms with Crippen molar-refractivity contribution < 1.29 is 14.3 Å². The molecule has 3 rings (SSSR count). The molecule has 1 aliphatic heterocycles. The van der Waals surface area contributed by atoms with Gasteiger partial charge in [-0.05, 0) is 42.2 Å². The molecule has 0 radical (unpaired) electrons. The summed E-state index contributed by atoms with van der Waals surface area (Å²) in [5.74, 6) is 0.840. The monoisotopic (exact) mass is 355 g/mol. The van der Waals surface area contributed by atoms with Gasteiger partial charge in [0.2, 0.25) is 0 Å². The highest BCUT2D eigenvalue weighted by Crippen LogP contribution is 2.28. The lowest BCUT2D eigenvalue weighted by atomic mass is 10.1. The summed E-state index contributed by atoms with van der Waals surface area (Å²) in [6.07, 6.45) is 4.35. The lowest BCUT2D eigenvalue weighted by molar-refractivity contribution is -0.121. The summed E-state index contributed by atoms with van der Waals surface area (Å²) in [5.41, 5.74) is 3.31. The second-order valence-corrected chi connectivity index (χ2v) is 7.34. The van der Waals surface area contributed by atoms with Crippen LogP contribution >= 0.6 is 11.8 Å². The van der Waals surface area contributed by atoms with Crippen molar-refractivity contribution in [3.05, 3.63) is 59.4 Å². The summed E-state index contributed by atoms with van der Waals surface area (Å²) >= 11 is 1.16. The van der Waals surface area contributed by atoms with E-state index < -0.39 is 0 Å². The van der Waals surface area contributed by atoms with E-state index in [4.69, 9.17) is 4.74 Å². The zero-order valence-electron chi connectivity index (χ0n) is 14.2. The zero-order chi connectivity index (χ0) is 17.6. The normalized spacial score (nSPS) is 17.1. The molecule has 5 heteroatoms. The molecule has 1 saturated heterocycles. The van der Waals surface area contributed by atoms with Crippen LogP contribution in [0.25, 0.3) is 0 Å². The predicted molar refractivity (Wildman–Crippen MR) is 99.0 cm³/mol. The Labute approximate surface area is 152 Å². The SMILES string of the molecule is CCc1ccc(CCOc2ccc(C[C@H]3SC(=O)CC3=O)cc2)nc1. The summed E-state index contributed by atoms with van der Waals surface area (Å²) < 4.78 is 5.76. The average molecular weight is 355 g/mol. The number of hydrogen-bond donors (Lipinski definition) is 0. The Morgan fingerprint density at radius 1 is 1.12 bits per heavy atom. The number of carbonyl (C=O) groups excluding carboxylic acids is 2. The minimum absolute atomic E-state index is 0.0180. The smallest absolute Gasteiger partial charge is 0.197 e. The van der Waals surface area contributed by atoms with Gasteiger partial charge in [-0.1, -0.05) is 36.9 Å². The van der Waals surface area contributed by atoms with Gasteiger partial charge in [0.15, 0.2) is 10.9 Å². The molecule has 0 spiro atoms. The Bertz CT molecular complexity index is 741. The molecule has 0 saturated carbocycles. The van der Waals surface area contributed by atoms with E-state index in [1.54, 1.807) is 0 Å². The van der Waals surface area contributed by atoms with Gasteiger partial charge in [-0.15, -0.1) is 0 Å². The maximum absolute atomic E-state index is 11.7. The van der Waals surface area contributed by atoms with E-state index in [-0.39, 0.29) is 22.6 Å². The highest BCUT2D eigenvalue weighted by molar-refractivity contribution is 8.15. The number of nitrogens with zero attached hydrogens (tertiary/aromatic N) is 1. The first-order valence-electron chi connectivity index (χ1n) is 8.52. The minimum Gasteiger partial charge on any atom is -0.493 e. The van der Waals surface area contributed by atoms with Crippen molar-refractivity contribution in [3.8, 4) is 5.75 Å². The summed E-state index contributed by atoms with van der Waals surface area (Å²) in [7, 11) is 0. The standard InChI is InChI=1S/C20H21NO3S/c1-2-14-3-6-16(21-13-14)9-10-24-17-7-4-15(5-8-17)11-19-18(22)12-20(23)25-19/h3-8,13,19H,2,9-12H2,1H3/t19-/m1/s1. The predicted octanol–water partition coefficient (Wildman–Crippen LogP) is 3.41. The van der Waals surface area contributed by atoms with Crippen molar-refractivity contribution in [1.82, 2.24) is 4.98 Å². The Morgan fingerprint density at radius 2 is 1.88 bits per heavy atom. The van der Waals surface area contributed by atoms with E-state index in [9.17, 15) is 9.59 Å². The van der Waals surface area contributed by atoms with Crippen molar-refractivity contribution in [2.45, 2.75) is 37.9 Å². The van der Waals surface area contributed by atoms with Crippen molar-refractivity contribution in [2.24, 2.45) is 0 Å². The van der Waals surface area contributed by atoms with Crippen LogP contribution in [0.2, 0.25) is 0 Å². The van der Waals surface area contributed by atoms with Crippen molar-refractivity contribution in [2.75, 3.05) is 6.61 Å². The Kier molecular flexibility index (Phi) is 5.87. The first-order valence-corrected chi connectivity index (χ1v) is 9.39. The number of ketones is 1. The van der Waals surface area contributed by atoms with Gasteiger partial charge in [-0.3, -0.25) is 14.6 Å². The van der Waals surface area contributed by atoms with Crippen LogP contribution in [0.3, 0.4) is 0 Å². The third-order valence-electron chi connectivity index (χ3n) is 4.22. The highest BCUT2D eigenvalue weighted by atomic mass is 32.2. The van der Waals surface area contributed by atoms with E-state index in [1.807, 2.05) is 36.5 Å². The van der Waals surface area contributed by atoms with Crippen molar-refractivity contribution >= 4 is 22.7 Å². The topological polar surface area (TPSA) is 56.3 Å². The molecule has 0 unspecified atom stereocenters. The van der Waals surface area contributed by atoms with Gasteiger partial charge >= 0.3 is 0 Å². The molecule has 2 aromatic rings. The van der Waals surface area contributed by atoms with Crippen LogP contribution in [-0.4, -0.2) is 27.7 Å². The Balaban J connectivity index is 1.47. The maximum atomic E-state index is 11.7. The zero-order valence-corrected chi connectivity index (χ0v) is 15.1. The molecule has 0 bridgehead atoms. The third-order valence-corrected chi connectivity index (χ3v) is 5.34. The number of rotatable bonds is 7. The molecule has 0 aliphatic carbocycles. The number of Topliss-reactive ketones (excluding diaryl/α,β-unsaturated/α-hetero) is 1. The van der Waals surface area contributed by atoms with Gasteiger partial charge in [-0.2, -0.15) is 0 Å². The third kappa shape index (κ3) is 4.92. The molecule has 1 aromatic heterocycles. The van der Waals surface area contributed by atoms with Crippen LogP contribution in [0.4, 0.5) is 0 Å². The molecule has 1 aliphatic rings. The highest BCUT2D eigenvalue weighted by Gasteiger charge is 2.31. The number of carbonyl (C=O) groups is 2. The second-order valence-electron chi connectivity index (χ2n) is 6.08. The van der Waals surface area contributed by atoms with Crippen LogP contribution in [0.5, 0.6) is 5.75 Å². The van der Waals surface area contributed by atoms with Crippen LogP contribution < -0.4 is 4.74 Å². The lowest BCUT2D eigenvalue weighted by Crippen LogP contribution is -2.13. The molecular weight excluding hydrogens is 334 g/mol. The lowest BCUT2D eigenvalue weighted by Gasteiger charge is -2.09. The second kappa shape index (κ2) is 8.30. The number of thioether (sulfide) groups is 1. The maximum Gasteiger partial charge on any atom is 0.197 e. The Hall–Kier alpha value is -2.14. The fraction of sp³-hybridized carbons (Fsp3) is 0.350. The first-order chi connectivity index (χ1) is 12.1. The average Bonchev–Trinajstić information content (AvgIpc) is 2.94. The summed E-state index contributed by atoms with van der Waals surface area (Å²) in [6, 6.07) is 11.9. The number of aryl methyl sites for hydroxylation is 1. The molecule has 1 aromatic carbocycles. The van der Waals surface area contributed by atoms with E-state index in [0.717, 1.165) is 41.6 Å². The molecule has 25 heavy (non-hydrogen) atoms. The van der Waals surface area contributed by atoms with Crippen molar-refractivity contribution in [3.63, 3.8) is 0 Å². The van der Waals surface area contributed by atoms with Crippen LogP contribution in [0.15, 0.2) is 42.6 Å². The van der Waals surface area contributed by atoms with Crippen LogP contribution in [0.1, 0.15) is 30.2 Å².